The fourth-order valence-corrected chi connectivity index (χ4v) is 3.33. The molecule has 0 saturated heterocycles. The molecular weight excluding hydrogens is 296 g/mol. The maximum absolute atomic E-state index is 12.4. The lowest BCUT2D eigenvalue weighted by atomic mass is 10.1. The van der Waals surface area contributed by atoms with Crippen molar-refractivity contribution in [2.45, 2.75) is 18.9 Å². The van der Waals surface area contributed by atoms with Crippen LogP contribution in [0, 0.1) is 0 Å². The Morgan fingerprint density at radius 2 is 1.82 bits per heavy atom. The van der Waals surface area contributed by atoms with Gasteiger partial charge in [0.05, 0.1) is 0 Å². The van der Waals surface area contributed by atoms with Gasteiger partial charge in [-0.15, -0.1) is 0 Å². The fourth-order valence-electron chi connectivity index (χ4n) is 3.15. The van der Waals surface area contributed by atoms with E-state index in [9.17, 15) is 4.79 Å². The van der Waals surface area contributed by atoms with Gasteiger partial charge in [0.25, 0.3) is 5.91 Å². The van der Waals surface area contributed by atoms with E-state index in [0.717, 1.165) is 23.7 Å². The SMILES string of the molecule is O=C(NC1Cc2ccccc2C1)c1cc2cc(Cl)ccc2[nH]1. The van der Waals surface area contributed by atoms with Crippen molar-refractivity contribution in [1.29, 1.82) is 0 Å². The number of amides is 1. The van der Waals surface area contributed by atoms with E-state index in [1.807, 2.05) is 36.4 Å². The van der Waals surface area contributed by atoms with E-state index >= 15 is 0 Å². The van der Waals surface area contributed by atoms with Gasteiger partial charge in [-0.25, -0.2) is 0 Å². The van der Waals surface area contributed by atoms with E-state index in [2.05, 4.69) is 22.4 Å². The molecule has 1 amide bonds. The van der Waals surface area contributed by atoms with E-state index in [0.29, 0.717) is 10.7 Å². The number of aromatic amines is 1. The van der Waals surface area contributed by atoms with Gasteiger partial charge in [0.2, 0.25) is 0 Å². The van der Waals surface area contributed by atoms with Gasteiger partial charge in [0.1, 0.15) is 5.69 Å². The van der Waals surface area contributed by atoms with Crippen molar-refractivity contribution < 1.29 is 4.79 Å². The van der Waals surface area contributed by atoms with Gasteiger partial charge in [-0.2, -0.15) is 0 Å². The molecule has 3 aromatic rings. The van der Waals surface area contributed by atoms with E-state index < -0.39 is 0 Å². The van der Waals surface area contributed by atoms with Crippen LogP contribution in [0.4, 0.5) is 0 Å². The highest BCUT2D eigenvalue weighted by atomic mass is 35.5. The number of hydrogen-bond donors (Lipinski definition) is 2. The summed E-state index contributed by atoms with van der Waals surface area (Å²) in [6.07, 6.45) is 1.79. The second kappa shape index (κ2) is 5.18. The second-order valence-electron chi connectivity index (χ2n) is 5.76. The number of fused-ring (bicyclic) bond motifs is 2. The molecule has 1 heterocycles. The molecule has 3 nitrogen and oxygen atoms in total. The third-order valence-electron chi connectivity index (χ3n) is 4.21. The van der Waals surface area contributed by atoms with Crippen LogP contribution < -0.4 is 5.32 Å². The Labute approximate surface area is 133 Å². The first-order chi connectivity index (χ1) is 10.7. The van der Waals surface area contributed by atoms with Crippen molar-refractivity contribution >= 4 is 28.4 Å². The largest absolute Gasteiger partial charge is 0.351 e. The van der Waals surface area contributed by atoms with Crippen LogP contribution in [0.15, 0.2) is 48.5 Å². The number of H-pyrrole nitrogens is 1. The molecule has 4 heteroatoms. The maximum atomic E-state index is 12.4. The molecule has 0 unspecified atom stereocenters. The smallest absolute Gasteiger partial charge is 0.267 e. The number of carbonyl (C=O) groups is 1. The van der Waals surface area contributed by atoms with Gasteiger partial charge in [0.15, 0.2) is 0 Å². The van der Waals surface area contributed by atoms with E-state index in [4.69, 9.17) is 11.6 Å². The topological polar surface area (TPSA) is 44.9 Å². The number of aromatic nitrogens is 1. The molecule has 2 N–H and O–H groups in total. The average molecular weight is 311 g/mol. The number of halogens is 1. The van der Waals surface area contributed by atoms with Gasteiger partial charge in [0, 0.05) is 22.0 Å². The molecule has 0 radical (unpaired) electrons. The highest BCUT2D eigenvalue weighted by Crippen LogP contribution is 2.23. The minimum Gasteiger partial charge on any atom is -0.351 e. The summed E-state index contributed by atoms with van der Waals surface area (Å²) in [6.45, 7) is 0. The summed E-state index contributed by atoms with van der Waals surface area (Å²) in [6, 6.07) is 15.9. The summed E-state index contributed by atoms with van der Waals surface area (Å²) in [7, 11) is 0. The van der Waals surface area contributed by atoms with Crippen molar-refractivity contribution in [3.63, 3.8) is 0 Å². The van der Waals surface area contributed by atoms with Crippen molar-refractivity contribution in [1.82, 2.24) is 10.3 Å². The van der Waals surface area contributed by atoms with Gasteiger partial charge in [-0.3, -0.25) is 4.79 Å². The van der Waals surface area contributed by atoms with Crippen LogP contribution in [0.5, 0.6) is 0 Å². The molecule has 1 aromatic heterocycles. The number of rotatable bonds is 2. The lowest BCUT2D eigenvalue weighted by molar-refractivity contribution is 0.0934. The lowest BCUT2D eigenvalue weighted by Gasteiger charge is -2.10. The number of nitrogens with one attached hydrogen (secondary N) is 2. The summed E-state index contributed by atoms with van der Waals surface area (Å²) in [5.74, 6) is -0.0647. The minimum atomic E-state index is -0.0647. The molecule has 110 valence electrons. The molecule has 22 heavy (non-hydrogen) atoms. The fraction of sp³-hybridized carbons (Fsp3) is 0.167. The zero-order valence-corrected chi connectivity index (χ0v) is 12.7. The molecule has 4 rings (SSSR count). The molecule has 0 saturated carbocycles. The van der Waals surface area contributed by atoms with Crippen LogP contribution in [0.2, 0.25) is 5.02 Å². The second-order valence-corrected chi connectivity index (χ2v) is 6.20. The average Bonchev–Trinajstić information content (AvgIpc) is 3.09. The van der Waals surface area contributed by atoms with Crippen LogP contribution in [0.3, 0.4) is 0 Å². The summed E-state index contributed by atoms with van der Waals surface area (Å²) in [4.78, 5) is 15.6. The minimum absolute atomic E-state index is 0.0647. The summed E-state index contributed by atoms with van der Waals surface area (Å²) >= 11 is 5.98. The van der Waals surface area contributed by atoms with Crippen molar-refractivity contribution in [2.75, 3.05) is 0 Å². The third-order valence-corrected chi connectivity index (χ3v) is 4.45. The molecular formula is C18H15ClN2O. The van der Waals surface area contributed by atoms with E-state index in [1.165, 1.54) is 11.1 Å². The third kappa shape index (κ3) is 2.38. The summed E-state index contributed by atoms with van der Waals surface area (Å²) < 4.78 is 0. The standard InChI is InChI=1S/C18H15ClN2O/c19-14-5-6-16-13(7-14)10-17(21-16)18(22)20-15-8-11-3-1-2-4-12(11)9-15/h1-7,10,15,21H,8-9H2,(H,20,22). The van der Waals surface area contributed by atoms with Crippen LogP contribution in [0.25, 0.3) is 10.9 Å². The molecule has 1 aliphatic rings. The van der Waals surface area contributed by atoms with Crippen LogP contribution in [-0.4, -0.2) is 16.9 Å². The highest BCUT2D eigenvalue weighted by Gasteiger charge is 2.23. The Morgan fingerprint density at radius 1 is 1.09 bits per heavy atom. The number of benzene rings is 2. The van der Waals surface area contributed by atoms with E-state index in [1.54, 1.807) is 0 Å². The van der Waals surface area contributed by atoms with Gasteiger partial charge >= 0.3 is 0 Å². The number of carbonyl (C=O) groups excluding carboxylic acids is 1. The van der Waals surface area contributed by atoms with Crippen LogP contribution in [-0.2, 0) is 12.8 Å². The zero-order chi connectivity index (χ0) is 15.1. The Balaban J connectivity index is 1.52. The van der Waals surface area contributed by atoms with Crippen molar-refractivity contribution in [3.8, 4) is 0 Å². The summed E-state index contributed by atoms with van der Waals surface area (Å²) in [5, 5.41) is 4.74. The molecule has 0 fully saturated rings. The molecule has 0 aliphatic heterocycles. The zero-order valence-electron chi connectivity index (χ0n) is 11.9. The Kier molecular flexibility index (Phi) is 3.16. The molecule has 0 spiro atoms. The maximum Gasteiger partial charge on any atom is 0.267 e. The Bertz CT molecular complexity index is 843. The Hall–Kier alpha value is -2.26. The number of hydrogen-bond acceptors (Lipinski definition) is 1. The first kappa shape index (κ1) is 13.4. The van der Waals surface area contributed by atoms with Gasteiger partial charge < -0.3 is 10.3 Å². The predicted octanol–water partition coefficient (Wildman–Crippen LogP) is 3.72. The molecule has 1 aliphatic carbocycles. The molecule has 0 atom stereocenters. The predicted molar refractivity (Wildman–Crippen MR) is 88.4 cm³/mol. The molecule has 2 aromatic carbocycles. The lowest BCUT2D eigenvalue weighted by Crippen LogP contribution is -2.35. The van der Waals surface area contributed by atoms with E-state index in [-0.39, 0.29) is 11.9 Å². The normalized spacial score (nSPS) is 14.2. The quantitative estimate of drug-likeness (QED) is 0.744. The summed E-state index contributed by atoms with van der Waals surface area (Å²) in [5.41, 5.74) is 4.16. The highest BCUT2D eigenvalue weighted by molar-refractivity contribution is 6.31. The van der Waals surface area contributed by atoms with Crippen LogP contribution >= 0.6 is 11.6 Å². The van der Waals surface area contributed by atoms with Gasteiger partial charge in [-0.1, -0.05) is 35.9 Å². The molecule has 0 bridgehead atoms. The van der Waals surface area contributed by atoms with Gasteiger partial charge in [-0.05, 0) is 48.2 Å². The first-order valence-electron chi connectivity index (χ1n) is 7.35. The van der Waals surface area contributed by atoms with Crippen molar-refractivity contribution in [2.24, 2.45) is 0 Å². The monoisotopic (exact) mass is 310 g/mol. The Morgan fingerprint density at radius 3 is 2.55 bits per heavy atom. The first-order valence-corrected chi connectivity index (χ1v) is 7.73. The van der Waals surface area contributed by atoms with Crippen molar-refractivity contribution in [3.05, 3.63) is 70.4 Å². The van der Waals surface area contributed by atoms with Crippen LogP contribution in [0.1, 0.15) is 21.6 Å².